The van der Waals surface area contributed by atoms with E-state index >= 15 is 0 Å². The molecule has 0 spiro atoms. The molecule has 1 aromatic carbocycles. The smallest absolute Gasteiger partial charge is 0.326 e. The van der Waals surface area contributed by atoms with Crippen molar-refractivity contribution in [1.29, 1.82) is 0 Å². The fraction of sp³-hybridized carbons (Fsp3) is 0.333. The first kappa shape index (κ1) is 15.8. The van der Waals surface area contributed by atoms with E-state index in [1.807, 2.05) is 10.6 Å². The molecule has 0 heterocycles. The van der Waals surface area contributed by atoms with Crippen molar-refractivity contribution in [3.63, 3.8) is 0 Å². The molecule has 0 bridgehead atoms. The number of carbonyl (C=O) groups is 2. The number of carbonyl (C=O) groups excluding carboxylic acids is 1. The van der Waals surface area contributed by atoms with Crippen molar-refractivity contribution in [2.75, 3.05) is 11.9 Å². The number of aliphatic hydroxyl groups excluding tert-OH is 1. The first-order valence-corrected chi connectivity index (χ1v) is 5.72. The lowest BCUT2D eigenvalue weighted by atomic mass is 10.2. The van der Waals surface area contributed by atoms with E-state index in [9.17, 15) is 18.4 Å². The predicted molar refractivity (Wildman–Crippen MR) is 66.4 cm³/mol. The van der Waals surface area contributed by atoms with Crippen molar-refractivity contribution >= 4 is 17.7 Å². The highest BCUT2D eigenvalue weighted by Crippen LogP contribution is 2.21. The van der Waals surface area contributed by atoms with Gasteiger partial charge >= 0.3 is 12.0 Å². The maximum Gasteiger partial charge on any atom is 0.326 e. The molecule has 0 aliphatic rings. The van der Waals surface area contributed by atoms with Gasteiger partial charge < -0.3 is 20.8 Å². The molecule has 0 fully saturated rings. The first-order valence-electron chi connectivity index (χ1n) is 5.72. The topological polar surface area (TPSA) is 98.7 Å². The highest BCUT2D eigenvalue weighted by molar-refractivity contribution is 5.92. The number of aryl methyl sites for hydroxylation is 1. The molecular formula is C12H14F2N2O4. The van der Waals surface area contributed by atoms with Gasteiger partial charge in [0.2, 0.25) is 0 Å². The molecule has 0 aromatic heterocycles. The third kappa shape index (κ3) is 3.89. The molecule has 2 amide bonds. The largest absolute Gasteiger partial charge is 0.480 e. The van der Waals surface area contributed by atoms with Gasteiger partial charge in [-0.05, 0) is 18.6 Å². The molecule has 0 unspecified atom stereocenters. The molecule has 8 heteroatoms. The maximum absolute atomic E-state index is 13.6. The fourth-order valence-corrected chi connectivity index (χ4v) is 1.47. The number of anilines is 1. The Labute approximate surface area is 113 Å². The minimum atomic E-state index is -1.36. The van der Waals surface area contributed by atoms with Crippen LogP contribution in [-0.4, -0.2) is 34.9 Å². The predicted octanol–water partition coefficient (Wildman–Crippen LogP) is 1.23. The van der Waals surface area contributed by atoms with Gasteiger partial charge in [0.25, 0.3) is 0 Å². The van der Waals surface area contributed by atoms with Crippen LogP contribution in [0.1, 0.15) is 12.0 Å². The Kier molecular flexibility index (Phi) is 5.39. The molecule has 20 heavy (non-hydrogen) atoms. The molecule has 0 aliphatic heterocycles. The van der Waals surface area contributed by atoms with Crippen molar-refractivity contribution in [2.45, 2.75) is 19.4 Å². The van der Waals surface area contributed by atoms with Crippen LogP contribution in [0.4, 0.5) is 19.3 Å². The standard InChI is InChI=1S/C12H14F2N2O4/c1-6-2-3-7(13)10(9(6)14)16-12(20)15-8(4-5-17)11(18)19/h2-3,8,17H,4-5H2,1H3,(H,18,19)(H2,15,16,20)/t8-/m0/s1. The summed E-state index contributed by atoms with van der Waals surface area (Å²) in [6.07, 6.45) is -0.221. The van der Waals surface area contributed by atoms with Crippen molar-refractivity contribution in [2.24, 2.45) is 0 Å². The second-order valence-corrected chi connectivity index (χ2v) is 4.05. The van der Waals surface area contributed by atoms with E-state index in [0.717, 1.165) is 6.07 Å². The van der Waals surface area contributed by atoms with E-state index in [-0.39, 0.29) is 12.0 Å². The van der Waals surface area contributed by atoms with Crippen LogP contribution in [0.15, 0.2) is 12.1 Å². The number of carboxylic acid groups (broad SMARTS) is 1. The van der Waals surface area contributed by atoms with E-state index in [0.29, 0.717) is 0 Å². The van der Waals surface area contributed by atoms with Gasteiger partial charge in [-0.25, -0.2) is 18.4 Å². The van der Waals surface area contributed by atoms with Gasteiger partial charge in [-0.15, -0.1) is 0 Å². The monoisotopic (exact) mass is 288 g/mol. The molecule has 110 valence electrons. The number of hydrogen-bond acceptors (Lipinski definition) is 3. The molecule has 6 nitrogen and oxygen atoms in total. The quantitative estimate of drug-likeness (QED) is 0.655. The number of rotatable bonds is 5. The van der Waals surface area contributed by atoms with E-state index in [2.05, 4.69) is 0 Å². The van der Waals surface area contributed by atoms with Crippen molar-refractivity contribution in [3.8, 4) is 0 Å². The van der Waals surface area contributed by atoms with Crippen LogP contribution in [0.2, 0.25) is 0 Å². The molecule has 0 aliphatic carbocycles. The lowest BCUT2D eigenvalue weighted by molar-refractivity contribution is -0.139. The van der Waals surface area contributed by atoms with Crippen LogP contribution >= 0.6 is 0 Å². The summed E-state index contributed by atoms with van der Waals surface area (Å²) in [5.74, 6) is -3.27. The Morgan fingerprint density at radius 2 is 2.00 bits per heavy atom. The lowest BCUT2D eigenvalue weighted by Crippen LogP contribution is -2.43. The average Bonchev–Trinajstić information content (AvgIpc) is 2.38. The van der Waals surface area contributed by atoms with E-state index in [1.165, 1.54) is 13.0 Å². The second kappa shape index (κ2) is 6.80. The van der Waals surface area contributed by atoms with Crippen LogP contribution < -0.4 is 10.6 Å². The third-order valence-corrected chi connectivity index (χ3v) is 2.54. The van der Waals surface area contributed by atoms with E-state index in [1.54, 1.807) is 0 Å². The highest BCUT2D eigenvalue weighted by atomic mass is 19.1. The van der Waals surface area contributed by atoms with Gasteiger partial charge in [0.15, 0.2) is 5.82 Å². The number of halogens is 2. The minimum Gasteiger partial charge on any atom is -0.480 e. The second-order valence-electron chi connectivity index (χ2n) is 4.05. The first-order chi connectivity index (χ1) is 9.36. The molecular weight excluding hydrogens is 274 g/mol. The summed E-state index contributed by atoms with van der Waals surface area (Å²) in [6, 6.07) is -0.235. The van der Waals surface area contributed by atoms with Crippen LogP contribution in [0, 0.1) is 18.6 Å². The summed E-state index contributed by atoms with van der Waals surface area (Å²) in [6.45, 7) is 0.939. The number of urea groups is 1. The Hall–Kier alpha value is -2.22. The SMILES string of the molecule is Cc1ccc(F)c(NC(=O)N[C@@H](CCO)C(=O)O)c1F. The normalized spacial score (nSPS) is 11.8. The summed E-state index contributed by atoms with van der Waals surface area (Å²) in [5, 5.41) is 21.3. The summed E-state index contributed by atoms with van der Waals surface area (Å²) >= 11 is 0. The third-order valence-electron chi connectivity index (χ3n) is 2.54. The molecule has 4 N–H and O–H groups in total. The van der Waals surface area contributed by atoms with Crippen LogP contribution in [0.3, 0.4) is 0 Å². The zero-order valence-corrected chi connectivity index (χ0v) is 10.6. The zero-order chi connectivity index (χ0) is 15.3. The number of hydrogen-bond donors (Lipinski definition) is 4. The average molecular weight is 288 g/mol. The van der Waals surface area contributed by atoms with Gasteiger partial charge in [0.1, 0.15) is 17.5 Å². The number of aliphatic hydroxyl groups is 1. The molecule has 0 saturated carbocycles. The molecule has 0 radical (unpaired) electrons. The Balaban J connectivity index is 2.81. The number of aliphatic carboxylic acids is 1. The van der Waals surface area contributed by atoms with Crippen LogP contribution in [0.5, 0.6) is 0 Å². The van der Waals surface area contributed by atoms with Gasteiger partial charge in [-0.2, -0.15) is 0 Å². The van der Waals surface area contributed by atoms with Gasteiger partial charge in [-0.1, -0.05) is 6.07 Å². The Morgan fingerprint density at radius 1 is 1.35 bits per heavy atom. The fourth-order valence-electron chi connectivity index (χ4n) is 1.47. The molecule has 1 aromatic rings. The van der Waals surface area contributed by atoms with Crippen molar-refractivity contribution in [3.05, 3.63) is 29.3 Å². The van der Waals surface area contributed by atoms with Crippen molar-refractivity contribution in [1.82, 2.24) is 5.32 Å². The minimum absolute atomic E-state index is 0.131. The summed E-state index contributed by atoms with van der Waals surface area (Å²) in [5.41, 5.74) is -0.525. The maximum atomic E-state index is 13.6. The van der Waals surface area contributed by atoms with Gasteiger partial charge in [-0.3, -0.25) is 0 Å². The van der Waals surface area contributed by atoms with Crippen LogP contribution in [-0.2, 0) is 4.79 Å². The summed E-state index contributed by atoms with van der Waals surface area (Å²) < 4.78 is 27.0. The molecule has 1 atom stereocenters. The van der Waals surface area contributed by atoms with Crippen molar-refractivity contribution < 1.29 is 28.6 Å². The number of benzene rings is 1. The van der Waals surface area contributed by atoms with E-state index in [4.69, 9.17) is 10.2 Å². The van der Waals surface area contributed by atoms with Gasteiger partial charge in [0.05, 0.1) is 0 Å². The summed E-state index contributed by atoms with van der Waals surface area (Å²) in [4.78, 5) is 22.3. The number of nitrogens with one attached hydrogen (secondary N) is 2. The zero-order valence-electron chi connectivity index (χ0n) is 10.6. The highest BCUT2D eigenvalue weighted by Gasteiger charge is 2.21. The van der Waals surface area contributed by atoms with Gasteiger partial charge in [0, 0.05) is 13.0 Å². The lowest BCUT2D eigenvalue weighted by Gasteiger charge is -2.15. The summed E-state index contributed by atoms with van der Waals surface area (Å²) in [7, 11) is 0. The Morgan fingerprint density at radius 3 is 2.55 bits per heavy atom. The van der Waals surface area contributed by atoms with Crippen LogP contribution in [0.25, 0.3) is 0 Å². The van der Waals surface area contributed by atoms with E-state index < -0.39 is 42.0 Å². The molecule has 0 saturated heterocycles. The number of carboxylic acids is 1. The Bertz CT molecular complexity index is 522. The molecule has 1 rings (SSSR count). The number of amides is 2.